The third-order valence-electron chi connectivity index (χ3n) is 3.08. The summed E-state index contributed by atoms with van der Waals surface area (Å²) in [6.07, 6.45) is 0. The molecule has 0 radical (unpaired) electrons. The predicted molar refractivity (Wildman–Crippen MR) is 83.5 cm³/mol. The second kappa shape index (κ2) is 6.13. The molecule has 2 N–H and O–H groups in total. The molecule has 0 aromatic heterocycles. The highest BCUT2D eigenvalue weighted by Gasteiger charge is 2.16. The van der Waals surface area contributed by atoms with Crippen molar-refractivity contribution >= 4 is 23.0 Å². The fourth-order valence-electron chi connectivity index (χ4n) is 1.86. The van der Waals surface area contributed by atoms with Crippen LogP contribution in [0.25, 0.3) is 0 Å². The van der Waals surface area contributed by atoms with Gasteiger partial charge in [-0.3, -0.25) is 14.9 Å². The van der Waals surface area contributed by atoms with Crippen LogP contribution in [0.2, 0.25) is 0 Å². The number of non-ortho nitro benzene ring substituents is 1. The molecule has 7 nitrogen and oxygen atoms in total. The number of rotatable bonds is 4. The quantitative estimate of drug-likeness (QED) is 0.668. The van der Waals surface area contributed by atoms with E-state index in [1.807, 2.05) is 31.1 Å². The second-order valence-electron chi connectivity index (χ2n) is 4.85. The Morgan fingerprint density at radius 3 is 2.36 bits per heavy atom. The first-order valence-electron chi connectivity index (χ1n) is 6.44. The number of carbonyl (C=O) groups excluding carboxylic acids is 1. The minimum absolute atomic E-state index is 0.147. The summed E-state index contributed by atoms with van der Waals surface area (Å²) in [5.74, 6) is -0.924. The van der Waals surface area contributed by atoms with Crippen molar-refractivity contribution in [2.75, 3.05) is 24.3 Å². The SMILES string of the molecule is CN(C)c1ccc(NC(=O)c2cc([N+](=O)[O-])ccc2O)cc1. The van der Waals surface area contributed by atoms with Gasteiger partial charge in [-0.1, -0.05) is 0 Å². The topological polar surface area (TPSA) is 95.7 Å². The number of hydrogen-bond donors (Lipinski definition) is 2. The van der Waals surface area contributed by atoms with Gasteiger partial charge in [-0.25, -0.2) is 0 Å². The van der Waals surface area contributed by atoms with Crippen molar-refractivity contribution in [2.45, 2.75) is 0 Å². The summed E-state index contributed by atoms with van der Waals surface area (Å²) in [5.41, 5.74) is 1.09. The number of nitrogens with one attached hydrogen (secondary N) is 1. The van der Waals surface area contributed by atoms with Crippen LogP contribution in [0.3, 0.4) is 0 Å². The molecule has 22 heavy (non-hydrogen) atoms. The van der Waals surface area contributed by atoms with Gasteiger partial charge in [0.15, 0.2) is 0 Å². The van der Waals surface area contributed by atoms with Crippen LogP contribution >= 0.6 is 0 Å². The van der Waals surface area contributed by atoms with Crippen LogP contribution in [-0.2, 0) is 0 Å². The molecule has 2 aromatic rings. The number of carbonyl (C=O) groups is 1. The summed E-state index contributed by atoms with van der Waals surface area (Å²) in [6.45, 7) is 0. The van der Waals surface area contributed by atoms with Crippen molar-refractivity contribution in [3.63, 3.8) is 0 Å². The molecule has 0 fully saturated rings. The highest BCUT2D eigenvalue weighted by molar-refractivity contribution is 6.06. The molecule has 0 aliphatic rings. The van der Waals surface area contributed by atoms with Gasteiger partial charge < -0.3 is 15.3 Å². The number of aromatic hydroxyl groups is 1. The molecule has 0 atom stereocenters. The van der Waals surface area contributed by atoms with Crippen LogP contribution < -0.4 is 10.2 Å². The van der Waals surface area contributed by atoms with Crippen LogP contribution in [0.1, 0.15) is 10.4 Å². The molecule has 0 unspecified atom stereocenters. The van der Waals surface area contributed by atoms with E-state index in [1.54, 1.807) is 12.1 Å². The number of anilines is 2. The van der Waals surface area contributed by atoms with Crippen molar-refractivity contribution in [3.05, 3.63) is 58.1 Å². The molecular weight excluding hydrogens is 286 g/mol. The maximum Gasteiger partial charge on any atom is 0.270 e. The molecule has 1 amide bonds. The minimum atomic E-state index is -0.623. The van der Waals surface area contributed by atoms with Crippen molar-refractivity contribution in [1.29, 1.82) is 0 Å². The van der Waals surface area contributed by atoms with Gasteiger partial charge in [-0.05, 0) is 30.3 Å². The van der Waals surface area contributed by atoms with Crippen molar-refractivity contribution in [1.82, 2.24) is 0 Å². The van der Waals surface area contributed by atoms with E-state index in [-0.39, 0.29) is 17.0 Å². The van der Waals surface area contributed by atoms with Gasteiger partial charge in [0, 0.05) is 37.6 Å². The first kappa shape index (κ1) is 15.3. The van der Waals surface area contributed by atoms with Crippen LogP contribution in [0.15, 0.2) is 42.5 Å². The second-order valence-corrected chi connectivity index (χ2v) is 4.85. The largest absolute Gasteiger partial charge is 0.507 e. The molecule has 0 spiro atoms. The molecule has 0 aliphatic heterocycles. The lowest BCUT2D eigenvalue weighted by Crippen LogP contribution is -2.13. The lowest BCUT2D eigenvalue weighted by molar-refractivity contribution is -0.384. The Kier molecular flexibility index (Phi) is 4.26. The number of phenolic OH excluding ortho intramolecular Hbond substituents is 1. The zero-order chi connectivity index (χ0) is 16.3. The van der Waals surface area contributed by atoms with E-state index < -0.39 is 10.8 Å². The highest BCUT2D eigenvalue weighted by Crippen LogP contribution is 2.24. The lowest BCUT2D eigenvalue weighted by atomic mass is 10.1. The first-order valence-corrected chi connectivity index (χ1v) is 6.44. The smallest absolute Gasteiger partial charge is 0.270 e. The van der Waals surface area contributed by atoms with Crippen molar-refractivity contribution < 1.29 is 14.8 Å². The maximum atomic E-state index is 12.1. The van der Waals surface area contributed by atoms with Gasteiger partial charge in [0.2, 0.25) is 0 Å². The number of phenols is 1. The number of benzene rings is 2. The van der Waals surface area contributed by atoms with Gasteiger partial charge in [0.25, 0.3) is 11.6 Å². The normalized spacial score (nSPS) is 10.1. The number of amides is 1. The average Bonchev–Trinajstić information content (AvgIpc) is 2.47. The number of nitrogens with zero attached hydrogens (tertiary/aromatic N) is 2. The number of nitro groups is 1. The van der Waals surface area contributed by atoms with E-state index >= 15 is 0 Å². The zero-order valence-corrected chi connectivity index (χ0v) is 12.1. The Labute approximate surface area is 127 Å². The van der Waals surface area contributed by atoms with Gasteiger partial charge >= 0.3 is 0 Å². The predicted octanol–water partition coefficient (Wildman–Crippen LogP) is 2.62. The monoisotopic (exact) mass is 301 g/mol. The number of nitro benzene ring substituents is 1. The van der Waals surface area contributed by atoms with E-state index in [1.165, 1.54) is 0 Å². The third kappa shape index (κ3) is 3.32. The van der Waals surface area contributed by atoms with Crippen molar-refractivity contribution in [2.24, 2.45) is 0 Å². The van der Waals surface area contributed by atoms with Crippen LogP contribution in [-0.4, -0.2) is 30.0 Å². The van der Waals surface area contributed by atoms with Crippen LogP contribution in [0.5, 0.6) is 5.75 Å². The van der Waals surface area contributed by atoms with Crippen molar-refractivity contribution in [3.8, 4) is 5.75 Å². The summed E-state index contributed by atoms with van der Waals surface area (Å²) in [4.78, 5) is 24.2. The molecule has 114 valence electrons. The van der Waals surface area contributed by atoms with Crippen LogP contribution in [0.4, 0.5) is 17.1 Å². The highest BCUT2D eigenvalue weighted by atomic mass is 16.6. The van der Waals surface area contributed by atoms with E-state index in [0.29, 0.717) is 5.69 Å². The molecular formula is C15H15N3O4. The Balaban J connectivity index is 2.21. The Morgan fingerprint density at radius 2 is 1.82 bits per heavy atom. The Bertz CT molecular complexity index is 711. The first-order chi connectivity index (χ1) is 10.4. The summed E-state index contributed by atoms with van der Waals surface area (Å²) < 4.78 is 0. The number of hydrogen-bond acceptors (Lipinski definition) is 5. The molecule has 7 heteroatoms. The summed E-state index contributed by atoms with van der Waals surface area (Å²) in [7, 11) is 3.80. The van der Waals surface area contributed by atoms with E-state index in [0.717, 1.165) is 23.9 Å². The fourth-order valence-corrected chi connectivity index (χ4v) is 1.86. The summed E-state index contributed by atoms with van der Waals surface area (Å²) >= 11 is 0. The maximum absolute atomic E-state index is 12.1. The zero-order valence-electron chi connectivity index (χ0n) is 12.1. The summed E-state index contributed by atoms with van der Waals surface area (Å²) in [5, 5.41) is 23.0. The lowest BCUT2D eigenvalue weighted by Gasteiger charge is -2.13. The molecule has 0 bridgehead atoms. The molecule has 0 saturated heterocycles. The van der Waals surface area contributed by atoms with E-state index in [4.69, 9.17) is 0 Å². The van der Waals surface area contributed by atoms with Gasteiger partial charge in [0.05, 0.1) is 10.5 Å². The molecule has 0 aliphatic carbocycles. The molecule has 0 heterocycles. The third-order valence-corrected chi connectivity index (χ3v) is 3.08. The Hall–Kier alpha value is -3.09. The van der Waals surface area contributed by atoms with E-state index in [2.05, 4.69) is 5.32 Å². The van der Waals surface area contributed by atoms with E-state index in [9.17, 15) is 20.0 Å². The van der Waals surface area contributed by atoms with Gasteiger partial charge in [-0.2, -0.15) is 0 Å². The molecule has 2 rings (SSSR count). The van der Waals surface area contributed by atoms with Gasteiger partial charge in [0.1, 0.15) is 5.75 Å². The summed E-state index contributed by atoms with van der Waals surface area (Å²) in [6, 6.07) is 10.4. The minimum Gasteiger partial charge on any atom is -0.507 e. The molecule has 0 saturated carbocycles. The average molecular weight is 301 g/mol. The van der Waals surface area contributed by atoms with Gasteiger partial charge in [-0.15, -0.1) is 0 Å². The Morgan fingerprint density at radius 1 is 1.18 bits per heavy atom. The standard InChI is InChI=1S/C15H15N3O4/c1-17(2)11-5-3-10(4-6-11)16-15(20)13-9-12(18(21)22)7-8-14(13)19/h3-9,19H,1-2H3,(H,16,20). The molecule has 2 aromatic carbocycles. The van der Waals surface area contributed by atoms with Crippen LogP contribution in [0, 0.1) is 10.1 Å². The fraction of sp³-hybridized carbons (Fsp3) is 0.133.